The van der Waals surface area contributed by atoms with Crippen LogP contribution in [0, 0.1) is 12.8 Å². The molecule has 6 heteroatoms. The normalized spacial score (nSPS) is 23.5. The average molecular weight is 394 g/mol. The summed E-state index contributed by atoms with van der Waals surface area (Å²) < 4.78 is 11.2. The molecular formula is C23H26N2O4. The molecule has 29 heavy (non-hydrogen) atoms. The Morgan fingerprint density at radius 3 is 2.48 bits per heavy atom. The molecule has 2 aliphatic rings. The second-order valence-electron chi connectivity index (χ2n) is 7.87. The largest absolute Gasteiger partial charge is 0.445 e. The van der Waals surface area contributed by atoms with Crippen LogP contribution in [0.15, 0.2) is 48.5 Å². The van der Waals surface area contributed by atoms with Crippen molar-refractivity contribution < 1.29 is 19.1 Å². The van der Waals surface area contributed by atoms with E-state index in [2.05, 4.69) is 4.98 Å². The number of nitrogens with zero attached hydrogens (tertiary/aromatic N) is 2. The maximum atomic E-state index is 12.9. The second-order valence-corrected chi connectivity index (χ2v) is 7.87. The molecular weight excluding hydrogens is 368 g/mol. The number of morpholine rings is 1. The number of Topliss-reactive ketones (excluding diaryl/α,β-unsaturated/α-hetero) is 1. The Hall–Kier alpha value is -2.73. The van der Waals surface area contributed by atoms with Crippen LogP contribution in [0.3, 0.4) is 0 Å². The van der Waals surface area contributed by atoms with E-state index in [0.717, 1.165) is 17.0 Å². The number of amides is 1. The molecule has 1 aromatic carbocycles. The Bertz CT molecular complexity index is 856. The van der Waals surface area contributed by atoms with Crippen molar-refractivity contribution in [3.63, 3.8) is 0 Å². The highest BCUT2D eigenvalue weighted by molar-refractivity contribution is 5.83. The number of ketones is 1. The van der Waals surface area contributed by atoms with Crippen LogP contribution in [-0.2, 0) is 27.3 Å². The van der Waals surface area contributed by atoms with Crippen LogP contribution in [0.4, 0.5) is 4.79 Å². The van der Waals surface area contributed by atoms with E-state index in [9.17, 15) is 9.59 Å². The molecule has 2 aromatic rings. The van der Waals surface area contributed by atoms with Crippen LogP contribution in [0.5, 0.6) is 0 Å². The maximum Gasteiger partial charge on any atom is 0.410 e. The molecule has 2 bridgehead atoms. The van der Waals surface area contributed by atoms with Crippen LogP contribution < -0.4 is 0 Å². The van der Waals surface area contributed by atoms with Crippen molar-refractivity contribution in [2.45, 2.75) is 44.9 Å². The number of aryl methyl sites for hydroxylation is 1. The van der Waals surface area contributed by atoms with Gasteiger partial charge >= 0.3 is 6.09 Å². The summed E-state index contributed by atoms with van der Waals surface area (Å²) in [5, 5.41) is 0. The number of ether oxygens (including phenoxy) is 2. The number of fused-ring (bicyclic) bond motifs is 2. The fourth-order valence-corrected chi connectivity index (χ4v) is 4.29. The number of pyridine rings is 1. The number of benzene rings is 1. The SMILES string of the molecule is Cc1cccc(CC(=O)C2CC3COCC(C2)N3C(=O)OCc2ccccc2)n1. The molecule has 2 aliphatic heterocycles. The van der Waals surface area contributed by atoms with Gasteiger partial charge in [-0.2, -0.15) is 0 Å². The van der Waals surface area contributed by atoms with Gasteiger partial charge < -0.3 is 9.47 Å². The van der Waals surface area contributed by atoms with Crippen LogP contribution in [0.1, 0.15) is 29.8 Å². The predicted molar refractivity (Wildman–Crippen MR) is 107 cm³/mol. The van der Waals surface area contributed by atoms with Gasteiger partial charge in [0.05, 0.1) is 25.3 Å². The van der Waals surface area contributed by atoms with Crippen LogP contribution in [0.2, 0.25) is 0 Å². The highest BCUT2D eigenvalue weighted by Crippen LogP contribution is 2.33. The number of hydrogen-bond donors (Lipinski definition) is 0. The molecule has 1 aromatic heterocycles. The number of carbonyl (C=O) groups excluding carboxylic acids is 2. The van der Waals surface area contributed by atoms with Crippen molar-refractivity contribution in [3.05, 3.63) is 65.5 Å². The summed E-state index contributed by atoms with van der Waals surface area (Å²) in [5.74, 6) is 0.117. The van der Waals surface area contributed by atoms with Gasteiger partial charge in [-0.15, -0.1) is 0 Å². The second kappa shape index (κ2) is 8.74. The number of piperidine rings is 1. The zero-order valence-electron chi connectivity index (χ0n) is 16.6. The smallest absolute Gasteiger partial charge is 0.410 e. The lowest BCUT2D eigenvalue weighted by Gasteiger charge is -2.47. The van der Waals surface area contributed by atoms with E-state index in [-0.39, 0.29) is 36.5 Å². The summed E-state index contributed by atoms with van der Waals surface area (Å²) in [6.07, 6.45) is 1.24. The molecule has 4 rings (SSSR count). The van der Waals surface area contributed by atoms with Crippen molar-refractivity contribution >= 4 is 11.9 Å². The average Bonchev–Trinajstić information content (AvgIpc) is 2.72. The zero-order chi connectivity index (χ0) is 20.2. The van der Waals surface area contributed by atoms with E-state index in [0.29, 0.717) is 32.5 Å². The first-order valence-corrected chi connectivity index (χ1v) is 10.1. The Labute approximate surface area is 170 Å². The Morgan fingerprint density at radius 1 is 1.07 bits per heavy atom. The van der Waals surface area contributed by atoms with Crippen molar-refractivity contribution in [3.8, 4) is 0 Å². The molecule has 0 saturated carbocycles. The minimum absolute atomic E-state index is 0.0746. The minimum atomic E-state index is -0.321. The molecule has 152 valence electrons. The molecule has 0 aliphatic carbocycles. The maximum absolute atomic E-state index is 12.9. The van der Waals surface area contributed by atoms with Crippen LogP contribution >= 0.6 is 0 Å². The van der Waals surface area contributed by atoms with Crippen molar-refractivity contribution in [1.29, 1.82) is 0 Å². The van der Waals surface area contributed by atoms with Gasteiger partial charge in [-0.05, 0) is 37.5 Å². The van der Waals surface area contributed by atoms with Gasteiger partial charge in [0.2, 0.25) is 0 Å². The first kappa shape index (κ1) is 19.6. The van der Waals surface area contributed by atoms with Crippen molar-refractivity contribution in [1.82, 2.24) is 9.88 Å². The number of hydrogen-bond acceptors (Lipinski definition) is 5. The highest BCUT2D eigenvalue weighted by Gasteiger charge is 2.44. The van der Waals surface area contributed by atoms with E-state index < -0.39 is 0 Å². The fourth-order valence-electron chi connectivity index (χ4n) is 4.29. The molecule has 3 heterocycles. The van der Waals surface area contributed by atoms with Crippen molar-refractivity contribution in [2.24, 2.45) is 5.92 Å². The summed E-state index contributed by atoms with van der Waals surface area (Å²) in [6, 6.07) is 15.1. The lowest BCUT2D eigenvalue weighted by Crippen LogP contribution is -2.60. The van der Waals surface area contributed by atoms with Crippen LogP contribution in [-0.4, -0.2) is 47.1 Å². The molecule has 0 spiro atoms. The van der Waals surface area contributed by atoms with Gasteiger partial charge in [-0.25, -0.2) is 4.79 Å². The third-order valence-corrected chi connectivity index (χ3v) is 5.69. The van der Waals surface area contributed by atoms with Crippen molar-refractivity contribution in [2.75, 3.05) is 13.2 Å². The minimum Gasteiger partial charge on any atom is -0.445 e. The topological polar surface area (TPSA) is 68.7 Å². The number of carbonyl (C=O) groups is 2. The van der Waals surface area contributed by atoms with Crippen LogP contribution in [0.25, 0.3) is 0 Å². The molecule has 2 fully saturated rings. The molecule has 6 nitrogen and oxygen atoms in total. The highest BCUT2D eigenvalue weighted by atomic mass is 16.6. The summed E-state index contributed by atoms with van der Waals surface area (Å²) >= 11 is 0. The summed E-state index contributed by atoms with van der Waals surface area (Å²) in [6.45, 7) is 3.07. The Morgan fingerprint density at radius 2 is 1.79 bits per heavy atom. The lowest BCUT2D eigenvalue weighted by atomic mass is 9.81. The van der Waals surface area contributed by atoms with Gasteiger partial charge in [0, 0.05) is 23.7 Å². The summed E-state index contributed by atoms with van der Waals surface area (Å²) in [7, 11) is 0. The van der Waals surface area contributed by atoms with Gasteiger partial charge in [-0.1, -0.05) is 36.4 Å². The first-order chi connectivity index (χ1) is 14.1. The number of aromatic nitrogens is 1. The molecule has 0 N–H and O–H groups in total. The van der Waals surface area contributed by atoms with E-state index in [4.69, 9.17) is 9.47 Å². The van der Waals surface area contributed by atoms with Gasteiger partial charge in [0.15, 0.2) is 0 Å². The predicted octanol–water partition coefficient (Wildman–Crippen LogP) is 3.32. The quantitative estimate of drug-likeness (QED) is 0.778. The molecule has 2 saturated heterocycles. The van der Waals surface area contributed by atoms with E-state index in [1.54, 1.807) is 4.90 Å². The standard InChI is InChI=1S/C23H26N2O4/c1-16-6-5-9-19(24-16)12-22(26)18-10-20-14-28-15-21(11-18)25(20)23(27)29-13-17-7-3-2-4-8-17/h2-9,18,20-21H,10-15H2,1H3. The third kappa shape index (κ3) is 4.65. The van der Waals surface area contributed by atoms with Gasteiger partial charge in [-0.3, -0.25) is 14.7 Å². The monoisotopic (exact) mass is 394 g/mol. The van der Waals surface area contributed by atoms with Gasteiger partial charge in [0.1, 0.15) is 12.4 Å². The van der Waals surface area contributed by atoms with E-state index in [1.807, 2.05) is 55.5 Å². The summed E-state index contributed by atoms with van der Waals surface area (Å²) in [4.78, 5) is 31.9. The molecule has 0 radical (unpaired) electrons. The van der Waals surface area contributed by atoms with E-state index >= 15 is 0 Å². The Balaban J connectivity index is 1.38. The number of rotatable bonds is 5. The van der Waals surface area contributed by atoms with Gasteiger partial charge in [0.25, 0.3) is 0 Å². The Kier molecular flexibility index (Phi) is 5.90. The first-order valence-electron chi connectivity index (χ1n) is 10.1. The third-order valence-electron chi connectivity index (χ3n) is 5.69. The molecule has 1 amide bonds. The lowest BCUT2D eigenvalue weighted by molar-refractivity contribution is -0.130. The molecule has 2 atom stereocenters. The zero-order valence-corrected chi connectivity index (χ0v) is 16.6. The molecule has 2 unspecified atom stereocenters. The fraction of sp³-hybridized carbons (Fsp3) is 0.435. The summed E-state index contributed by atoms with van der Waals surface area (Å²) in [5.41, 5.74) is 2.68. The van der Waals surface area contributed by atoms with E-state index in [1.165, 1.54) is 0 Å².